The van der Waals surface area contributed by atoms with Gasteiger partial charge in [0.25, 0.3) is 5.91 Å². The normalized spacial score (nSPS) is 22.9. The molecule has 15 heteroatoms. The SMILES string of the molecule is N[C@H]1CCCC[C@@H]1NC(=O)[C@@H]1CC[C@H](NC(=O)[C@@H](Cc2ccccc2)NC(=O)C2(NC(=O)c3cc4ccccc4s3)CCCC2)C1.O=C(O)C(F)(F)F. The van der Waals surface area contributed by atoms with Crippen LogP contribution in [0.25, 0.3) is 10.1 Å². The van der Waals surface area contributed by atoms with Crippen LogP contribution in [-0.2, 0) is 25.6 Å². The van der Waals surface area contributed by atoms with Crippen molar-refractivity contribution in [1.29, 1.82) is 0 Å². The number of rotatable bonds is 10. The van der Waals surface area contributed by atoms with Gasteiger partial charge in [-0.1, -0.05) is 74.2 Å². The van der Waals surface area contributed by atoms with E-state index in [-0.39, 0.29) is 47.7 Å². The standard InChI is InChI=1S/C36H45N5O4S.C2HF3O2/c37-27-13-5-6-14-28(27)39-32(42)25-16-17-26(21-25)38-33(43)29(20-23-10-2-1-3-11-23)40-35(45)36(18-8-9-19-36)41-34(44)31-22-24-12-4-7-15-30(24)46-31;3-2(4,5)1(6)7/h1-4,7,10-12,15,22,25-29H,5-6,8-9,13-14,16-21,37H2,(H,38,43)(H,39,42)(H,40,45)(H,41,44);(H,6,7)/t25-,26+,27+,28+,29-;/m1./s1. The van der Waals surface area contributed by atoms with Gasteiger partial charge < -0.3 is 32.1 Å². The zero-order chi connectivity index (χ0) is 38.2. The second-order valence-corrected chi connectivity index (χ2v) is 15.3. The molecule has 0 bridgehead atoms. The predicted octanol–water partition coefficient (Wildman–Crippen LogP) is 4.98. The van der Waals surface area contributed by atoms with Gasteiger partial charge in [0.05, 0.1) is 4.88 Å². The zero-order valence-electron chi connectivity index (χ0n) is 29.3. The first-order valence-corrected chi connectivity index (χ1v) is 18.9. The lowest BCUT2D eigenvalue weighted by atomic mass is 9.90. The Morgan fingerprint density at radius 3 is 2.21 bits per heavy atom. The van der Waals surface area contributed by atoms with Crippen LogP contribution in [0.5, 0.6) is 0 Å². The number of alkyl halides is 3. The third-order valence-electron chi connectivity index (χ3n) is 10.3. The van der Waals surface area contributed by atoms with Gasteiger partial charge in [-0.25, -0.2) is 4.79 Å². The lowest BCUT2D eigenvalue weighted by Gasteiger charge is -2.31. The molecule has 0 saturated heterocycles. The number of amides is 4. The van der Waals surface area contributed by atoms with E-state index in [0.717, 1.165) is 54.2 Å². The number of halogens is 3. The second kappa shape index (κ2) is 17.5. The number of fused-ring (bicyclic) bond motifs is 1. The molecule has 2 aromatic carbocycles. The summed E-state index contributed by atoms with van der Waals surface area (Å²) >= 11 is 1.41. The molecule has 7 N–H and O–H groups in total. The highest BCUT2D eigenvalue weighted by Crippen LogP contribution is 2.33. The molecular weight excluding hydrogens is 712 g/mol. The molecule has 11 nitrogen and oxygen atoms in total. The maximum Gasteiger partial charge on any atom is 0.490 e. The van der Waals surface area contributed by atoms with Gasteiger partial charge in [-0.05, 0) is 68.0 Å². The fourth-order valence-electron chi connectivity index (χ4n) is 7.41. The Hall–Kier alpha value is -4.50. The van der Waals surface area contributed by atoms with Crippen molar-refractivity contribution in [3.8, 4) is 0 Å². The van der Waals surface area contributed by atoms with Crippen molar-refractivity contribution < 1.29 is 42.3 Å². The summed E-state index contributed by atoms with van der Waals surface area (Å²) in [7, 11) is 0. The van der Waals surface area contributed by atoms with Crippen LogP contribution < -0.4 is 27.0 Å². The van der Waals surface area contributed by atoms with Crippen LogP contribution in [0.3, 0.4) is 0 Å². The molecule has 3 aromatic rings. The van der Waals surface area contributed by atoms with Crippen LogP contribution in [-0.4, -0.2) is 70.6 Å². The van der Waals surface area contributed by atoms with Gasteiger partial charge in [-0.2, -0.15) is 13.2 Å². The number of thiophene rings is 1. The van der Waals surface area contributed by atoms with Crippen LogP contribution in [0, 0.1) is 5.92 Å². The molecule has 3 aliphatic carbocycles. The average Bonchev–Trinajstić information content (AvgIpc) is 3.90. The molecule has 6 rings (SSSR count). The quantitative estimate of drug-likeness (QED) is 0.169. The third-order valence-corrected chi connectivity index (χ3v) is 11.5. The highest BCUT2D eigenvalue weighted by atomic mass is 32.1. The Bertz CT molecular complexity index is 1730. The van der Waals surface area contributed by atoms with E-state index in [1.54, 1.807) is 0 Å². The predicted molar refractivity (Wildman–Crippen MR) is 194 cm³/mol. The maximum atomic E-state index is 14.0. The van der Waals surface area contributed by atoms with E-state index in [9.17, 15) is 32.3 Å². The number of nitrogens with two attached hydrogens (primary N) is 1. The van der Waals surface area contributed by atoms with Gasteiger partial charge in [0.2, 0.25) is 17.7 Å². The first kappa shape index (κ1) is 39.7. The van der Waals surface area contributed by atoms with E-state index < -0.39 is 23.7 Å². The van der Waals surface area contributed by atoms with Gasteiger partial charge in [-0.3, -0.25) is 19.2 Å². The number of hydrogen-bond donors (Lipinski definition) is 6. The van der Waals surface area contributed by atoms with Crippen molar-refractivity contribution in [2.24, 2.45) is 11.7 Å². The van der Waals surface area contributed by atoms with E-state index >= 15 is 0 Å². The fourth-order valence-corrected chi connectivity index (χ4v) is 8.37. The largest absolute Gasteiger partial charge is 0.490 e. The first-order valence-electron chi connectivity index (χ1n) is 18.1. The Balaban J connectivity index is 0.000000705. The van der Waals surface area contributed by atoms with Gasteiger partial charge in [0, 0.05) is 35.2 Å². The van der Waals surface area contributed by atoms with E-state index in [1.165, 1.54) is 11.3 Å². The summed E-state index contributed by atoms with van der Waals surface area (Å²) in [6.45, 7) is 0. The second-order valence-electron chi connectivity index (χ2n) is 14.2. The molecule has 0 unspecified atom stereocenters. The highest BCUT2D eigenvalue weighted by Gasteiger charge is 2.44. The molecule has 53 heavy (non-hydrogen) atoms. The smallest absolute Gasteiger partial charge is 0.475 e. The van der Waals surface area contributed by atoms with E-state index in [2.05, 4.69) is 21.3 Å². The van der Waals surface area contributed by atoms with Gasteiger partial charge in [0.1, 0.15) is 11.6 Å². The first-order chi connectivity index (χ1) is 25.2. The van der Waals surface area contributed by atoms with Crippen LogP contribution in [0.4, 0.5) is 13.2 Å². The molecule has 3 fully saturated rings. The summed E-state index contributed by atoms with van der Waals surface area (Å²) in [6.07, 6.45) is 3.85. The number of aliphatic carboxylic acids is 1. The summed E-state index contributed by atoms with van der Waals surface area (Å²) in [5, 5.41) is 20.6. The van der Waals surface area contributed by atoms with Crippen LogP contribution >= 0.6 is 11.3 Å². The summed E-state index contributed by atoms with van der Waals surface area (Å²) in [6, 6.07) is 18.3. The summed E-state index contributed by atoms with van der Waals surface area (Å²) in [5.74, 6) is -3.79. The molecule has 5 atom stereocenters. The van der Waals surface area contributed by atoms with Gasteiger partial charge >= 0.3 is 12.1 Å². The minimum Gasteiger partial charge on any atom is -0.475 e. The van der Waals surface area contributed by atoms with Crippen LogP contribution in [0.1, 0.15) is 85.9 Å². The Labute approximate surface area is 309 Å². The van der Waals surface area contributed by atoms with Crippen molar-refractivity contribution in [3.05, 3.63) is 71.1 Å². The van der Waals surface area contributed by atoms with E-state index in [1.807, 2.05) is 60.7 Å². The summed E-state index contributed by atoms with van der Waals surface area (Å²) < 4.78 is 32.8. The fraction of sp³-hybridized carbons (Fsp3) is 0.500. The Morgan fingerprint density at radius 1 is 0.887 bits per heavy atom. The third kappa shape index (κ3) is 10.6. The number of hydrogen-bond acceptors (Lipinski definition) is 7. The molecule has 1 heterocycles. The number of carboxylic acids is 1. The van der Waals surface area contributed by atoms with Crippen molar-refractivity contribution in [1.82, 2.24) is 21.3 Å². The average molecular weight is 758 g/mol. The molecule has 4 amide bonds. The van der Waals surface area contributed by atoms with E-state index in [0.29, 0.717) is 43.4 Å². The molecular formula is C38H46F3N5O6S. The van der Waals surface area contributed by atoms with Gasteiger partial charge in [0.15, 0.2) is 0 Å². The van der Waals surface area contributed by atoms with Crippen LogP contribution in [0.2, 0.25) is 0 Å². The maximum absolute atomic E-state index is 14.0. The summed E-state index contributed by atoms with van der Waals surface area (Å²) in [4.78, 5) is 63.8. The molecule has 3 saturated carbocycles. The number of carboxylic acid groups (broad SMARTS) is 1. The monoisotopic (exact) mass is 757 g/mol. The van der Waals surface area contributed by atoms with Crippen molar-refractivity contribution in [3.63, 3.8) is 0 Å². The molecule has 286 valence electrons. The van der Waals surface area contributed by atoms with Crippen LogP contribution in [0.15, 0.2) is 60.7 Å². The van der Waals surface area contributed by atoms with Crippen molar-refractivity contribution in [2.45, 2.75) is 113 Å². The lowest BCUT2D eigenvalue weighted by Crippen LogP contribution is -2.61. The Morgan fingerprint density at radius 2 is 1.55 bits per heavy atom. The molecule has 0 aliphatic heterocycles. The van der Waals surface area contributed by atoms with Gasteiger partial charge in [-0.15, -0.1) is 11.3 Å². The molecule has 0 radical (unpaired) electrons. The number of benzene rings is 2. The summed E-state index contributed by atoms with van der Waals surface area (Å²) in [5.41, 5.74) is 6.09. The number of carbonyl (C=O) groups is 5. The number of carbonyl (C=O) groups excluding carboxylic acids is 4. The number of nitrogens with one attached hydrogen (secondary N) is 4. The Kier molecular flexibility index (Phi) is 13.1. The minimum absolute atomic E-state index is 0.00477. The minimum atomic E-state index is -5.08. The van der Waals surface area contributed by atoms with Crippen molar-refractivity contribution in [2.75, 3.05) is 0 Å². The van der Waals surface area contributed by atoms with E-state index in [4.69, 9.17) is 15.6 Å². The lowest BCUT2D eigenvalue weighted by molar-refractivity contribution is -0.192. The molecule has 1 aromatic heterocycles. The molecule has 0 spiro atoms. The van der Waals surface area contributed by atoms with Crippen molar-refractivity contribution >= 4 is 51.0 Å². The highest BCUT2D eigenvalue weighted by molar-refractivity contribution is 7.20. The topological polar surface area (TPSA) is 180 Å². The zero-order valence-corrected chi connectivity index (χ0v) is 30.1. The molecule has 3 aliphatic rings.